The number of rotatable bonds is 3. The van der Waals surface area contributed by atoms with Gasteiger partial charge in [-0.05, 0) is 43.9 Å². The van der Waals surface area contributed by atoms with Crippen molar-refractivity contribution in [2.24, 2.45) is 11.3 Å². The highest BCUT2D eigenvalue weighted by molar-refractivity contribution is 5.15. The zero-order valence-corrected chi connectivity index (χ0v) is 10.2. The van der Waals surface area contributed by atoms with E-state index in [2.05, 4.69) is 40.3 Å². The average Bonchev–Trinajstić information content (AvgIpc) is 2.11. The minimum absolute atomic E-state index is 0.469. The zero-order chi connectivity index (χ0) is 10.8. The molecule has 1 aliphatic rings. The Morgan fingerprint density at radius 2 is 2.21 bits per heavy atom. The molecule has 0 fully saturated rings. The van der Waals surface area contributed by atoms with E-state index in [1.165, 1.54) is 24.8 Å². The Labute approximate surface area is 89.1 Å². The molecule has 14 heavy (non-hydrogen) atoms. The van der Waals surface area contributed by atoms with Crippen molar-refractivity contribution >= 4 is 0 Å². The molecule has 0 amide bonds. The lowest BCUT2D eigenvalue weighted by Gasteiger charge is -2.39. The van der Waals surface area contributed by atoms with Crippen molar-refractivity contribution in [2.75, 3.05) is 0 Å². The van der Waals surface area contributed by atoms with Crippen LogP contribution in [-0.4, -0.2) is 0 Å². The van der Waals surface area contributed by atoms with E-state index < -0.39 is 0 Å². The van der Waals surface area contributed by atoms with Crippen LogP contribution >= 0.6 is 0 Å². The maximum atomic E-state index is 4.14. The first kappa shape index (κ1) is 11.6. The molecular weight excluding hydrogens is 168 g/mol. The van der Waals surface area contributed by atoms with Crippen LogP contribution < -0.4 is 0 Å². The van der Waals surface area contributed by atoms with Gasteiger partial charge < -0.3 is 0 Å². The fourth-order valence-electron chi connectivity index (χ4n) is 2.47. The first-order chi connectivity index (χ1) is 6.47. The Kier molecular flexibility index (Phi) is 3.58. The Bertz CT molecular complexity index is 243. The molecule has 0 aromatic carbocycles. The lowest BCUT2D eigenvalue weighted by molar-refractivity contribution is 0.213. The van der Waals surface area contributed by atoms with E-state index in [1.807, 2.05) is 0 Å². The summed E-state index contributed by atoms with van der Waals surface area (Å²) in [5.74, 6) is 0.726. The van der Waals surface area contributed by atoms with Crippen LogP contribution in [0.1, 0.15) is 53.4 Å². The van der Waals surface area contributed by atoms with Crippen LogP contribution in [0.15, 0.2) is 23.8 Å². The topological polar surface area (TPSA) is 0 Å². The maximum Gasteiger partial charge on any atom is -0.0117 e. The normalized spacial score (nSPS) is 25.7. The summed E-state index contributed by atoms with van der Waals surface area (Å²) >= 11 is 0. The van der Waals surface area contributed by atoms with Crippen molar-refractivity contribution < 1.29 is 0 Å². The minimum atomic E-state index is 0.469. The van der Waals surface area contributed by atoms with E-state index in [0.717, 1.165) is 12.3 Å². The van der Waals surface area contributed by atoms with Crippen LogP contribution in [0.3, 0.4) is 0 Å². The maximum absolute atomic E-state index is 4.14. The van der Waals surface area contributed by atoms with Crippen LogP contribution in [0, 0.1) is 11.3 Å². The molecule has 0 aliphatic heterocycles. The molecule has 0 spiro atoms. The highest BCUT2D eigenvalue weighted by atomic mass is 14.4. The molecule has 0 nitrogen and oxygen atoms in total. The van der Waals surface area contributed by atoms with Gasteiger partial charge in [0.05, 0.1) is 0 Å². The third-order valence-electron chi connectivity index (χ3n) is 3.74. The number of hydrogen-bond acceptors (Lipinski definition) is 0. The second-order valence-electron chi connectivity index (χ2n) is 5.34. The summed E-state index contributed by atoms with van der Waals surface area (Å²) < 4.78 is 0. The van der Waals surface area contributed by atoms with E-state index in [9.17, 15) is 0 Å². The third kappa shape index (κ3) is 2.50. The van der Waals surface area contributed by atoms with Crippen molar-refractivity contribution in [3.8, 4) is 0 Å². The van der Waals surface area contributed by atoms with Gasteiger partial charge in [0, 0.05) is 0 Å². The van der Waals surface area contributed by atoms with Gasteiger partial charge in [-0.3, -0.25) is 0 Å². The van der Waals surface area contributed by atoms with Gasteiger partial charge in [0.1, 0.15) is 0 Å². The Morgan fingerprint density at radius 3 is 2.71 bits per heavy atom. The summed E-state index contributed by atoms with van der Waals surface area (Å²) in [5.41, 5.74) is 3.45. The monoisotopic (exact) mass is 192 g/mol. The van der Waals surface area contributed by atoms with Crippen LogP contribution in [0.25, 0.3) is 0 Å². The SMILES string of the molecule is C=C(CC)CC1C(C)=CCCC1(C)C. The molecule has 0 saturated carbocycles. The highest BCUT2D eigenvalue weighted by Gasteiger charge is 2.32. The summed E-state index contributed by atoms with van der Waals surface area (Å²) in [4.78, 5) is 0. The van der Waals surface area contributed by atoms with Gasteiger partial charge in [0.25, 0.3) is 0 Å². The van der Waals surface area contributed by atoms with Gasteiger partial charge in [0.2, 0.25) is 0 Å². The van der Waals surface area contributed by atoms with Crippen molar-refractivity contribution in [3.63, 3.8) is 0 Å². The quantitative estimate of drug-likeness (QED) is 0.567. The summed E-state index contributed by atoms with van der Waals surface area (Å²) in [6.45, 7) is 13.4. The lowest BCUT2D eigenvalue weighted by Crippen LogP contribution is -2.28. The molecule has 1 rings (SSSR count). The van der Waals surface area contributed by atoms with Crippen molar-refractivity contribution in [3.05, 3.63) is 23.8 Å². The van der Waals surface area contributed by atoms with Crippen LogP contribution in [0.5, 0.6) is 0 Å². The predicted octanol–water partition coefficient (Wildman–Crippen LogP) is 4.73. The molecule has 0 heterocycles. The predicted molar refractivity (Wildman–Crippen MR) is 64.3 cm³/mol. The van der Waals surface area contributed by atoms with E-state index in [1.54, 1.807) is 5.57 Å². The van der Waals surface area contributed by atoms with Crippen LogP contribution in [0.4, 0.5) is 0 Å². The summed E-state index contributed by atoms with van der Waals surface area (Å²) in [6.07, 6.45) is 7.31. The van der Waals surface area contributed by atoms with Gasteiger partial charge in [-0.1, -0.05) is 44.6 Å². The van der Waals surface area contributed by atoms with Crippen molar-refractivity contribution in [2.45, 2.75) is 53.4 Å². The molecule has 0 aromatic heterocycles. The summed E-state index contributed by atoms with van der Waals surface area (Å²) in [5, 5.41) is 0. The fourth-order valence-corrected chi connectivity index (χ4v) is 2.47. The Morgan fingerprint density at radius 1 is 1.57 bits per heavy atom. The van der Waals surface area contributed by atoms with Gasteiger partial charge >= 0.3 is 0 Å². The summed E-state index contributed by atoms with van der Waals surface area (Å²) in [6, 6.07) is 0. The molecule has 80 valence electrons. The van der Waals surface area contributed by atoms with Crippen molar-refractivity contribution in [1.29, 1.82) is 0 Å². The van der Waals surface area contributed by atoms with E-state index >= 15 is 0 Å². The molecule has 1 unspecified atom stereocenters. The second kappa shape index (κ2) is 4.33. The summed E-state index contributed by atoms with van der Waals surface area (Å²) in [7, 11) is 0. The van der Waals surface area contributed by atoms with Gasteiger partial charge in [-0.2, -0.15) is 0 Å². The highest BCUT2D eigenvalue weighted by Crippen LogP contribution is 2.43. The van der Waals surface area contributed by atoms with E-state index in [4.69, 9.17) is 0 Å². The Balaban J connectivity index is 2.76. The molecule has 0 heteroatoms. The molecule has 0 aromatic rings. The number of hydrogen-bond donors (Lipinski definition) is 0. The minimum Gasteiger partial charge on any atom is -0.0998 e. The molecular formula is C14H24. The Hall–Kier alpha value is -0.520. The molecule has 0 saturated heterocycles. The van der Waals surface area contributed by atoms with E-state index in [0.29, 0.717) is 5.41 Å². The van der Waals surface area contributed by atoms with Crippen LogP contribution in [0.2, 0.25) is 0 Å². The lowest BCUT2D eigenvalue weighted by atomic mass is 9.66. The van der Waals surface area contributed by atoms with Gasteiger partial charge in [0.15, 0.2) is 0 Å². The molecule has 1 atom stereocenters. The molecule has 1 aliphatic carbocycles. The van der Waals surface area contributed by atoms with E-state index in [-0.39, 0.29) is 0 Å². The van der Waals surface area contributed by atoms with Crippen LogP contribution in [-0.2, 0) is 0 Å². The molecule has 0 bridgehead atoms. The van der Waals surface area contributed by atoms with Gasteiger partial charge in [-0.15, -0.1) is 0 Å². The smallest absolute Gasteiger partial charge is 0.0117 e. The zero-order valence-electron chi connectivity index (χ0n) is 10.2. The second-order valence-corrected chi connectivity index (χ2v) is 5.34. The molecule has 0 radical (unpaired) electrons. The first-order valence-electron chi connectivity index (χ1n) is 5.80. The third-order valence-corrected chi connectivity index (χ3v) is 3.74. The fraction of sp³-hybridized carbons (Fsp3) is 0.714. The number of allylic oxidation sites excluding steroid dienone is 3. The van der Waals surface area contributed by atoms with Gasteiger partial charge in [-0.25, -0.2) is 0 Å². The average molecular weight is 192 g/mol. The standard InChI is InChI=1S/C14H24/c1-6-11(2)10-13-12(3)8-7-9-14(13,4)5/h8,13H,2,6-7,9-10H2,1,3-5H3. The first-order valence-corrected chi connectivity index (χ1v) is 5.80. The largest absolute Gasteiger partial charge is 0.0998 e. The van der Waals surface area contributed by atoms with Crippen molar-refractivity contribution in [1.82, 2.24) is 0 Å². The molecule has 0 N–H and O–H groups in total.